The highest BCUT2D eigenvalue weighted by Crippen LogP contribution is 2.47. The van der Waals surface area contributed by atoms with Gasteiger partial charge in [-0.25, -0.2) is 4.39 Å². The van der Waals surface area contributed by atoms with Crippen LogP contribution in [0.2, 0.25) is 0 Å². The molecule has 0 spiro atoms. The lowest BCUT2D eigenvalue weighted by molar-refractivity contribution is -0.133. The number of carbonyl (C=O) groups excluding carboxylic acids is 2. The Bertz CT molecular complexity index is 1700. The van der Waals surface area contributed by atoms with Gasteiger partial charge in [-0.3, -0.25) is 14.6 Å². The Hall–Kier alpha value is -4.32. The largest absolute Gasteiger partial charge is 0.460 e. The van der Waals surface area contributed by atoms with Gasteiger partial charge in [0.2, 0.25) is 11.8 Å². The Morgan fingerprint density at radius 3 is 2.60 bits per heavy atom. The van der Waals surface area contributed by atoms with Gasteiger partial charge in [0.25, 0.3) is 0 Å². The van der Waals surface area contributed by atoms with Gasteiger partial charge < -0.3 is 29.8 Å². The smallest absolute Gasteiger partial charge is 0.240 e. The summed E-state index contributed by atoms with van der Waals surface area (Å²) in [5, 5.41) is 8.93. The minimum Gasteiger partial charge on any atom is -0.460 e. The normalized spacial score (nSPS) is 15.5. The molecule has 3 aromatic heterocycles. The van der Waals surface area contributed by atoms with Crippen molar-refractivity contribution in [2.75, 3.05) is 25.6 Å². The second kappa shape index (κ2) is 12.5. The highest BCUT2D eigenvalue weighted by Gasteiger charge is 2.56. The molecule has 2 aliphatic rings. The fourth-order valence-corrected chi connectivity index (χ4v) is 5.82. The summed E-state index contributed by atoms with van der Waals surface area (Å²) >= 11 is 1.56. The van der Waals surface area contributed by atoms with Crippen LogP contribution in [-0.2, 0) is 20.9 Å². The summed E-state index contributed by atoms with van der Waals surface area (Å²) in [5.41, 5.74) is 0.893. The first-order valence-corrected chi connectivity index (χ1v) is 14.9. The molecule has 43 heavy (non-hydrogen) atoms. The summed E-state index contributed by atoms with van der Waals surface area (Å²) in [5.74, 6) is 1.98. The number of fused-ring (bicyclic) bond motifs is 1. The van der Waals surface area contributed by atoms with Crippen LogP contribution in [0.25, 0.3) is 20.9 Å². The minimum absolute atomic E-state index is 0.329. The summed E-state index contributed by atoms with van der Waals surface area (Å²) < 4.78 is 31.5. The van der Waals surface area contributed by atoms with Crippen molar-refractivity contribution in [3.8, 4) is 16.4 Å². The topological polar surface area (TPSA) is 115 Å². The van der Waals surface area contributed by atoms with E-state index in [0.717, 1.165) is 44.6 Å². The van der Waals surface area contributed by atoms with E-state index in [1.807, 2.05) is 36.4 Å². The maximum Gasteiger partial charge on any atom is 0.240 e. The molecule has 11 heteroatoms. The van der Waals surface area contributed by atoms with Crippen LogP contribution < -0.4 is 20.7 Å². The summed E-state index contributed by atoms with van der Waals surface area (Å²) in [6.07, 6.45) is 7.45. The number of amides is 2. The number of methoxy groups -OCH3 is 1. The van der Waals surface area contributed by atoms with Crippen LogP contribution in [0, 0.1) is 11.2 Å². The van der Waals surface area contributed by atoms with Gasteiger partial charge in [-0.2, -0.15) is 0 Å². The third-order valence-corrected chi connectivity index (χ3v) is 8.56. The number of halogens is 1. The fourth-order valence-electron chi connectivity index (χ4n) is 4.79. The molecule has 0 unspecified atom stereocenters. The quantitative estimate of drug-likeness (QED) is 0.137. The number of anilines is 1. The molecule has 0 atom stereocenters. The molecule has 1 aromatic carbocycles. The number of nitrogens with one attached hydrogen (secondary N) is 3. The minimum atomic E-state index is -1.11. The first-order chi connectivity index (χ1) is 20.9. The number of aromatic nitrogens is 1. The Morgan fingerprint density at radius 1 is 1.05 bits per heavy atom. The van der Waals surface area contributed by atoms with Gasteiger partial charge in [0.15, 0.2) is 0 Å². The molecule has 0 bridgehead atoms. The molecule has 3 heterocycles. The Balaban J connectivity index is 1.08. The molecular formula is C32H31FN4O5S. The van der Waals surface area contributed by atoms with Crippen LogP contribution in [0.3, 0.4) is 0 Å². The Kier molecular flexibility index (Phi) is 8.37. The fraction of sp³-hybridized carbons (Fsp3) is 0.281. The number of benzene rings is 1. The number of hydrogen-bond acceptors (Lipinski definition) is 8. The lowest BCUT2D eigenvalue weighted by atomic mass is 10.0. The van der Waals surface area contributed by atoms with E-state index in [-0.39, 0.29) is 11.8 Å². The van der Waals surface area contributed by atoms with E-state index in [1.165, 1.54) is 24.3 Å². The molecule has 4 aromatic rings. The van der Waals surface area contributed by atoms with Crippen molar-refractivity contribution in [1.82, 2.24) is 15.6 Å². The second-order valence-corrected chi connectivity index (χ2v) is 11.5. The summed E-state index contributed by atoms with van der Waals surface area (Å²) in [6.45, 7) is 2.00. The van der Waals surface area contributed by atoms with Gasteiger partial charge in [0, 0.05) is 43.7 Å². The number of thiophene rings is 1. The van der Waals surface area contributed by atoms with Gasteiger partial charge in [-0.1, -0.05) is 0 Å². The molecule has 1 fully saturated rings. The summed E-state index contributed by atoms with van der Waals surface area (Å²) in [4.78, 5) is 31.4. The van der Waals surface area contributed by atoms with Crippen molar-refractivity contribution in [2.24, 2.45) is 5.41 Å². The lowest BCUT2D eigenvalue weighted by Gasteiger charge is -2.19. The van der Waals surface area contributed by atoms with E-state index in [9.17, 15) is 14.0 Å². The van der Waals surface area contributed by atoms with Crippen molar-refractivity contribution in [2.45, 2.75) is 32.2 Å². The average molecular weight is 603 g/mol. The molecule has 0 aliphatic heterocycles. The Morgan fingerprint density at radius 2 is 1.86 bits per heavy atom. The lowest BCUT2D eigenvalue weighted by Crippen LogP contribution is -2.39. The van der Waals surface area contributed by atoms with Gasteiger partial charge in [-0.15, -0.1) is 11.3 Å². The number of rotatable bonds is 12. The van der Waals surface area contributed by atoms with Gasteiger partial charge in [0.1, 0.15) is 34.3 Å². The maximum absolute atomic E-state index is 13.2. The number of nitrogens with zero attached hydrogens (tertiary/aromatic N) is 1. The van der Waals surface area contributed by atoms with Crippen molar-refractivity contribution >= 4 is 39.1 Å². The number of pyridine rings is 1. The van der Waals surface area contributed by atoms with Crippen LogP contribution in [0.1, 0.15) is 31.4 Å². The van der Waals surface area contributed by atoms with Gasteiger partial charge in [0.05, 0.1) is 28.2 Å². The van der Waals surface area contributed by atoms with E-state index in [1.54, 1.807) is 24.6 Å². The maximum atomic E-state index is 13.2. The van der Waals surface area contributed by atoms with Crippen molar-refractivity contribution in [1.29, 1.82) is 0 Å². The Labute approximate surface area is 251 Å². The average Bonchev–Trinajstić information content (AvgIpc) is 3.50. The molecule has 222 valence electrons. The number of carbonyl (C=O) groups is 2. The molecule has 6 rings (SSSR count). The van der Waals surface area contributed by atoms with Crippen LogP contribution in [0.15, 0.2) is 82.8 Å². The van der Waals surface area contributed by atoms with E-state index in [4.69, 9.17) is 13.9 Å². The number of allylic oxidation sites excluding steroid dienone is 4. The van der Waals surface area contributed by atoms with E-state index >= 15 is 0 Å². The third kappa shape index (κ3) is 6.53. The van der Waals surface area contributed by atoms with E-state index < -0.39 is 11.2 Å². The highest BCUT2D eigenvalue weighted by atomic mass is 32.1. The van der Waals surface area contributed by atoms with Gasteiger partial charge in [-0.05, 0) is 73.9 Å². The zero-order valence-electron chi connectivity index (χ0n) is 23.6. The van der Waals surface area contributed by atoms with Crippen molar-refractivity contribution in [3.05, 3.63) is 89.9 Å². The standard InChI is InChI=1S/C32H31FN4O5S/c1-40-17-16-34-19-24-10-11-26(42-24)28-18-25-29(43-28)27(12-15-35-25)41-23-8-6-22(7-9-23)37-31(39)32(13-14-32)30(38)36-21-4-2-20(33)3-5-21/h2-6,8,10-12,15,18,34H,7,9,13-14,16-17,19H2,1H3,(H,36,38)(H,37,39). The summed E-state index contributed by atoms with van der Waals surface area (Å²) in [7, 11) is 1.67. The van der Waals surface area contributed by atoms with E-state index in [0.29, 0.717) is 50.3 Å². The third-order valence-electron chi connectivity index (χ3n) is 7.41. The molecule has 1 saturated carbocycles. The highest BCUT2D eigenvalue weighted by molar-refractivity contribution is 7.22. The molecule has 0 saturated heterocycles. The zero-order valence-corrected chi connectivity index (χ0v) is 24.4. The number of ether oxygens (including phenoxy) is 2. The molecule has 2 amide bonds. The number of furan rings is 1. The summed E-state index contributed by atoms with van der Waals surface area (Å²) in [6, 6.07) is 13.2. The van der Waals surface area contributed by atoms with Crippen LogP contribution in [0.5, 0.6) is 5.75 Å². The van der Waals surface area contributed by atoms with Crippen LogP contribution >= 0.6 is 11.3 Å². The molecule has 9 nitrogen and oxygen atoms in total. The first kappa shape index (κ1) is 28.8. The molecule has 2 aliphatic carbocycles. The van der Waals surface area contributed by atoms with Crippen LogP contribution in [-0.4, -0.2) is 37.1 Å². The van der Waals surface area contributed by atoms with Gasteiger partial charge >= 0.3 is 0 Å². The second-order valence-electron chi connectivity index (χ2n) is 10.5. The van der Waals surface area contributed by atoms with Crippen LogP contribution in [0.4, 0.5) is 10.1 Å². The first-order valence-electron chi connectivity index (χ1n) is 14.1. The van der Waals surface area contributed by atoms with Crippen molar-refractivity contribution < 1.29 is 27.9 Å². The molecule has 3 N–H and O–H groups in total. The molecule has 0 radical (unpaired) electrons. The zero-order chi connectivity index (χ0) is 29.8. The predicted octanol–water partition coefficient (Wildman–Crippen LogP) is 5.91. The monoisotopic (exact) mass is 602 g/mol. The SMILES string of the molecule is COCCNCc1ccc(-c2cc3nccc(OC4=CC=C(NC(=O)C5(C(=O)Nc6ccc(F)cc6)CC5)CC4)c3s2)o1. The van der Waals surface area contributed by atoms with E-state index in [2.05, 4.69) is 20.9 Å². The predicted molar refractivity (Wildman–Crippen MR) is 162 cm³/mol. The molecular weight excluding hydrogens is 571 g/mol. The van der Waals surface area contributed by atoms with Crippen molar-refractivity contribution in [3.63, 3.8) is 0 Å². The number of hydrogen-bond donors (Lipinski definition) is 3.